The summed E-state index contributed by atoms with van der Waals surface area (Å²) in [5.74, 6) is 0.442. The van der Waals surface area contributed by atoms with E-state index < -0.39 is 0 Å². The van der Waals surface area contributed by atoms with Gasteiger partial charge >= 0.3 is 0 Å². The van der Waals surface area contributed by atoms with E-state index in [-0.39, 0.29) is 0 Å². The summed E-state index contributed by atoms with van der Waals surface area (Å²) in [4.78, 5) is 8.61. The minimum absolute atomic E-state index is 0.442. The van der Waals surface area contributed by atoms with E-state index in [2.05, 4.69) is 34.3 Å². The lowest BCUT2D eigenvalue weighted by Gasteiger charge is -2.10. The fourth-order valence-electron chi connectivity index (χ4n) is 2.09. The highest BCUT2D eigenvalue weighted by Gasteiger charge is 2.07. The monoisotopic (exact) mass is 304 g/mol. The average molecular weight is 304 g/mol. The second-order valence-corrected chi connectivity index (χ2v) is 6.74. The zero-order valence-electron chi connectivity index (χ0n) is 11.2. The topological polar surface area (TPSA) is 63.8 Å². The fraction of sp³-hybridized carbons (Fsp3) is 0.286. The van der Waals surface area contributed by atoms with Gasteiger partial charge in [-0.1, -0.05) is 24.3 Å². The van der Waals surface area contributed by atoms with Crippen molar-refractivity contribution in [3.8, 4) is 0 Å². The van der Waals surface area contributed by atoms with Crippen LogP contribution in [0, 0.1) is 0 Å². The second-order valence-electron chi connectivity index (χ2n) is 4.76. The van der Waals surface area contributed by atoms with Crippen LogP contribution < -0.4 is 11.1 Å². The Morgan fingerprint density at radius 1 is 1.40 bits per heavy atom. The summed E-state index contributed by atoms with van der Waals surface area (Å²) in [6, 6.07) is 6.29. The summed E-state index contributed by atoms with van der Waals surface area (Å²) in [7, 11) is 0. The maximum atomic E-state index is 5.72. The lowest BCUT2D eigenvalue weighted by atomic mass is 10.1. The zero-order valence-corrected chi connectivity index (χ0v) is 12.8. The van der Waals surface area contributed by atoms with Gasteiger partial charge in [0.25, 0.3) is 0 Å². The third kappa shape index (κ3) is 2.98. The van der Waals surface area contributed by atoms with Crippen molar-refractivity contribution in [2.75, 3.05) is 12.3 Å². The van der Waals surface area contributed by atoms with Gasteiger partial charge in [0, 0.05) is 30.6 Å². The van der Waals surface area contributed by atoms with Crippen molar-refractivity contribution in [2.24, 2.45) is 0 Å². The van der Waals surface area contributed by atoms with Gasteiger partial charge in [-0.05, 0) is 17.7 Å². The Labute approximate surface area is 125 Å². The van der Waals surface area contributed by atoms with Crippen LogP contribution in [0.2, 0.25) is 0 Å². The van der Waals surface area contributed by atoms with Crippen molar-refractivity contribution in [2.45, 2.75) is 19.4 Å². The molecule has 104 valence electrons. The largest absolute Gasteiger partial charge is 0.375 e. The highest BCUT2D eigenvalue weighted by Crippen LogP contribution is 2.24. The lowest BCUT2D eigenvalue weighted by molar-refractivity contribution is 0.613. The third-order valence-corrected chi connectivity index (χ3v) is 4.98. The quantitative estimate of drug-likeness (QED) is 0.759. The van der Waals surface area contributed by atoms with Crippen molar-refractivity contribution < 1.29 is 0 Å². The summed E-state index contributed by atoms with van der Waals surface area (Å²) >= 11 is 3.24. The number of nitrogens with zero attached hydrogens (tertiary/aromatic N) is 2. The Balaban J connectivity index is 1.59. The molecule has 4 nitrogen and oxygen atoms in total. The Bertz CT molecular complexity index is 690. The summed E-state index contributed by atoms with van der Waals surface area (Å²) < 4.78 is 1.15. The van der Waals surface area contributed by atoms with Crippen LogP contribution in [-0.4, -0.2) is 16.5 Å². The van der Waals surface area contributed by atoms with E-state index in [1.54, 1.807) is 11.3 Å². The van der Waals surface area contributed by atoms with Crippen LogP contribution in [0.5, 0.6) is 0 Å². The van der Waals surface area contributed by atoms with E-state index in [1.807, 2.05) is 17.6 Å². The van der Waals surface area contributed by atoms with E-state index in [0.29, 0.717) is 11.0 Å². The molecule has 0 aliphatic heterocycles. The fourth-order valence-corrected chi connectivity index (χ4v) is 3.59. The van der Waals surface area contributed by atoms with Crippen LogP contribution in [0.4, 0.5) is 5.13 Å². The van der Waals surface area contributed by atoms with Gasteiger partial charge in [-0.3, -0.25) is 0 Å². The zero-order chi connectivity index (χ0) is 13.9. The summed E-state index contributed by atoms with van der Waals surface area (Å²) in [6.07, 6.45) is 1.86. The molecule has 3 N–H and O–H groups in total. The molecule has 20 heavy (non-hydrogen) atoms. The van der Waals surface area contributed by atoms with Gasteiger partial charge in [0.1, 0.15) is 0 Å². The van der Waals surface area contributed by atoms with Crippen LogP contribution in [0.3, 0.4) is 0 Å². The number of nitrogen functional groups attached to an aromatic ring is 1. The molecule has 3 rings (SSSR count). The standard InChI is InChI=1S/C14H16N4S2/c1-9(13-17-4-5-19-13)7-16-8-10-2-3-11-12(6-10)20-14(15)18-11/h2-6,9,16H,7-8H2,1H3,(H2,15,18). The molecule has 0 radical (unpaired) electrons. The van der Waals surface area contributed by atoms with Crippen LogP contribution in [0.15, 0.2) is 29.8 Å². The minimum atomic E-state index is 0.442. The van der Waals surface area contributed by atoms with Gasteiger partial charge in [-0.25, -0.2) is 9.97 Å². The molecule has 0 aliphatic carbocycles. The van der Waals surface area contributed by atoms with Gasteiger partial charge in [0.15, 0.2) is 5.13 Å². The van der Waals surface area contributed by atoms with Gasteiger partial charge in [0.2, 0.25) is 0 Å². The first-order valence-electron chi connectivity index (χ1n) is 6.47. The molecule has 1 aromatic carbocycles. The first-order valence-corrected chi connectivity index (χ1v) is 8.17. The molecule has 2 aromatic heterocycles. The van der Waals surface area contributed by atoms with Gasteiger partial charge in [-0.2, -0.15) is 0 Å². The molecular weight excluding hydrogens is 288 g/mol. The van der Waals surface area contributed by atoms with Crippen molar-refractivity contribution in [1.82, 2.24) is 15.3 Å². The van der Waals surface area contributed by atoms with E-state index in [4.69, 9.17) is 5.73 Å². The molecule has 0 bridgehead atoms. The third-order valence-electron chi connectivity index (χ3n) is 3.12. The van der Waals surface area contributed by atoms with E-state index in [1.165, 1.54) is 21.9 Å². The van der Waals surface area contributed by atoms with E-state index >= 15 is 0 Å². The molecule has 0 spiro atoms. The normalized spacial score (nSPS) is 12.8. The number of hydrogen-bond donors (Lipinski definition) is 2. The summed E-state index contributed by atoms with van der Waals surface area (Å²) in [5.41, 5.74) is 7.96. The Morgan fingerprint density at radius 2 is 2.30 bits per heavy atom. The van der Waals surface area contributed by atoms with E-state index in [0.717, 1.165) is 23.3 Å². The van der Waals surface area contributed by atoms with Crippen LogP contribution in [0.25, 0.3) is 10.2 Å². The van der Waals surface area contributed by atoms with Crippen molar-refractivity contribution in [3.05, 3.63) is 40.3 Å². The Hall–Kier alpha value is -1.50. The summed E-state index contributed by atoms with van der Waals surface area (Å²) in [5, 5.41) is 7.31. The molecule has 0 amide bonds. The maximum Gasteiger partial charge on any atom is 0.181 e. The molecule has 0 aliphatic rings. The van der Waals surface area contributed by atoms with Crippen LogP contribution in [-0.2, 0) is 6.54 Å². The molecule has 0 saturated heterocycles. The highest BCUT2D eigenvalue weighted by atomic mass is 32.1. The number of anilines is 1. The molecule has 2 heterocycles. The van der Waals surface area contributed by atoms with Crippen molar-refractivity contribution >= 4 is 38.0 Å². The molecule has 1 atom stereocenters. The Morgan fingerprint density at radius 3 is 3.10 bits per heavy atom. The molecule has 0 fully saturated rings. The number of rotatable bonds is 5. The predicted molar refractivity (Wildman–Crippen MR) is 86.3 cm³/mol. The SMILES string of the molecule is CC(CNCc1ccc2nc(N)sc2c1)c1nccs1. The predicted octanol–water partition coefficient (Wildman–Crippen LogP) is 3.23. The summed E-state index contributed by atoms with van der Waals surface area (Å²) in [6.45, 7) is 3.97. The Kier molecular flexibility index (Phi) is 3.95. The van der Waals surface area contributed by atoms with Gasteiger partial charge in [0.05, 0.1) is 15.2 Å². The maximum absolute atomic E-state index is 5.72. The smallest absolute Gasteiger partial charge is 0.181 e. The molecule has 3 aromatic rings. The second kappa shape index (κ2) is 5.87. The average Bonchev–Trinajstić information content (AvgIpc) is 3.05. The van der Waals surface area contributed by atoms with Gasteiger partial charge < -0.3 is 11.1 Å². The molecular formula is C14H16N4S2. The first kappa shape index (κ1) is 13.5. The molecule has 1 unspecified atom stereocenters. The number of nitrogens with two attached hydrogens (primary N) is 1. The van der Waals surface area contributed by atoms with Crippen LogP contribution >= 0.6 is 22.7 Å². The molecule has 6 heteroatoms. The number of aromatic nitrogens is 2. The number of nitrogens with one attached hydrogen (secondary N) is 1. The highest BCUT2D eigenvalue weighted by molar-refractivity contribution is 7.22. The minimum Gasteiger partial charge on any atom is -0.375 e. The van der Waals surface area contributed by atoms with E-state index in [9.17, 15) is 0 Å². The lowest BCUT2D eigenvalue weighted by Crippen LogP contribution is -2.19. The number of fused-ring (bicyclic) bond motifs is 1. The van der Waals surface area contributed by atoms with Crippen molar-refractivity contribution in [1.29, 1.82) is 0 Å². The number of hydrogen-bond acceptors (Lipinski definition) is 6. The number of thiazole rings is 2. The molecule has 0 saturated carbocycles. The number of benzene rings is 1. The van der Waals surface area contributed by atoms with Crippen molar-refractivity contribution in [3.63, 3.8) is 0 Å². The van der Waals surface area contributed by atoms with Crippen LogP contribution in [0.1, 0.15) is 23.4 Å². The van der Waals surface area contributed by atoms with Gasteiger partial charge in [-0.15, -0.1) is 11.3 Å². The first-order chi connectivity index (χ1) is 9.72.